The predicted molar refractivity (Wildman–Crippen MR) is 84.5 cm³/mol. The number of aromatic nitrogens is 1. The third kappa shape index (κ3) is 2.43. The van der Waals surface area contributed by atoms with Crippen LogP contribution in [0.3, 0.4) is 0 Å². The third-order valence-corrected chi connectivity index (χ3v) is 4.81. The number of nitrogens with zero attached hydrogens (tertiary/aromatic N) is 1. The Morgan fingerprint density at radius 2 is 1.95 bits per heavy atom. The van der Waals surface area contributed by atoms with Crippen LogP contribution < -0.4 is 5.32 Å². The molecule has 1 aliphatic carbocycles. The van der Waals surface area contributed by atoms with E-state index in [0.29, 0.717) is 0 Å². The van der Waals surface area contributed by atoms with E-state index in [1.807, 2.05) is 39.0 Å². The lowest BCUT2D eigenvalue weighted by Gasteiger charge is -2.43. The molecule has 1 amide bonds. The Morgan fingerprint density at radius 1 is 1.27 bits per heavy atom. The summed E-state index contributed by atoms with van der Waals surface area (Å²) < 4.78 is 5.19. The fraction of sp³-hybridized carbons (Fsp3) is 0.444. The Labute approximate surface area is 130 Å². The highest BCUT2D eigenvalue weighted by molar-refractivity contribution is 5.84. The van der Waals surface area contributed by atoms with Crippen molar-refractivity contribution in [3.8, 4) is 0 Å². The first-order chi connectivity index (χ1) is 10.5. The number of nitrogens with one attached hydrogen (secondary N) is 1. The largest absolute Gasteiger partial charge is 0.361 e. The van der Waals surface area contributed by atoms with Crippen LogP contribution in [0.15, 0.2) is 34.9 Å². The van der Waals surface area contributed by atoms with Gasteiger partial charge in [0.1, 0.15) is 5.76 Å². The van der Waals surface area contributed by atoms with E-state index in [1.54, 1.807) is 0 Å². The Kier molecular flexibility index (Phi) is 3.77. The van der Waals surface area contributed by atoms with Crippen molar-refractivity contribution in [3.05, 3.63) is 52.9 Å². The molecule has 0 aliphatic heterocycles. The van der Waals surface area contributed by atoms with Crippen LogP contribution in [0, 0.1) is 13.8 Å². The summed E-state index contributed by atoms with van der Waals surface area (Å²) in [5.41, 5.74) is 2.69. The minimum absolute atomic E-state index is 0.0398. The number of carbonyl (C=O) groups excluding carboxylic acids is 1. The fourth-order valence-electron chi connectivity index (χ4n) is 3.36. The van der Waals surface area contributed by atoms with Crippen molar-refractivity contribution < 1.29 is 9.32 Å². The van der Waals surface area contributed by atoms with Gasteiger partial charge in [-0.05, 0) is 45.6 Å². The average molecular weight is 298 g/mol. The summed E-state index contributed by atoms with van der Waals surface area (Å²) in [7, 11) is 0. The molecule has 1 fully saturated rings. The van der Waals surface area contributed by atoms with E-state index < -0.39 is 0 Å². The fourth-order valence-corrected chi connectivity index (χ4v) is 3.36. The summed E-state index contributed by atoms with van der Waals surface area (Å²) in [6.07, 6.45) is 3.14. The van der Waals surface area contributed by atoms with E-state index >= 15 is 0 Å². The van der Waals surface area contributed by atoms with Gasteiger partial charge in [0.05, 0.1) is 17.2 Å². The molecule has 1 saturated carbocycles. The summed E-state index contributed by atoms with van der Waals surface area (Å²) in [5, 5.41) is 7.23. The van der Waals surface area contributed by atoms with E-state index in [4.69, 9.17) is 4.52 Å². The van der Waals surface area contributed by atoms with Crippen LogP contribution in [0.2, 0.25) is 0 Å². The molecule has 1 atom stereocenters. The van der Waals surface area contributed by atoms with Gasteiger partial charge in [-0.25, -0.2) is 0 Å². The van der Waals surface area contributed by atoms with Gasteiger partial charge in [0.25, 0.3) is 0 Å². The molecule has 116 valence electrons. The number of aryl methyl sites for hydroxylation is 2. The van der Waals surface area contributed by atoms with Gasteiger partial charge in [-0.2, -0.15) is 0 Å². The van der Waals surface area contributed by atoms with E-state index in [2.05, 4.69) is 22.6 Å². The normalized spacial score (nSPS) is 17.6. The summed E-state index contributed by atoms with van der Waals surface area (Å²) >= 11 is 0. The number of rotatable bonds is 4. The molecule has 4 nitrogen and oxygen atoms in total. The Balaban J connectivity index is 1.81. The van der Waals surface area contributed by atoms with Crippen LogP contribution in [-0.4, -0.2) is 11.1 Å². The van der Waals surface area contributed by atoms with Crippen molar-refractivity contribution >= 4 is 5.91 Å². The summed E-state index contributed by atoms with van der Waals surface area (Å²) in [6, 6.07) is 10.3. The minimum Gasteiger partial charge on any atom is -0.361 e. The molecule has 1 unspecified atom stereocenters. The lowest BCUT2D eigenvalue weighted by Crippen LogP contribution is -2.51. The van der Waals surface area contributed by atoms with Crippen LogP contribution in [0.5, 0.6) is 0 Å². The zero-order valence-corrected chi connectivity index (χ0v) is 13.3. The number of benzene rings is 1. The van der Waals surface area contributed by atoms with Gasteiger partial charge < -0.3 is 9.84 Å². The number of amides is 1. The Hall–Kier alpha value is -2.10. The van der Waals surface area contributed by atoms with Crippen LogP contribution in [-0.2, 0) is 10.3 Å². The maximum atomic E-state index is 12.7. The molecule has 2 aromatic rings. The zero-order chi connectivity index (χ0) is 15.7. The molecule has 3 rings (SSSR count). The van der Waals surface area contributed by atoms with Crippen molar-refractivity contribution in [1.82, 2.24) is 10.5 Å². The van der Waals surface area contributed by atoms with Crippen molar-refractivity contribution in [2.75, 3.05) is 0 Å². The van der Waals surface area contributed by atoms with Gasteiger partial charge in [0.15, 0.2) is 0 Å². The summed E-state index contributed by atoms with van der Waals surface area (Å²) in [5.74, 6) is 0.507. The summed E-state index contributed by atoms with van der Waals surface area (Å²) in [6.45, 7) is 5.65. The number of hydrogen-bond acceptors (Lipinski definition) is 3. The molecule has 1 N–H and O–H groups in total. The first kappa shape index (κ1) is 14.8. The van der Waals surface area contributed by atoms with Crippen molar-refractivity contribution in [1.29, 1.82) is 0 Å². The molecule has 0 radical (unpaired) electrons. The average Bonchev–Trinajstić information content (AvgIpc) is 2.82. The maximum Gasteiger partial charge on any atom is 0.228 e. The van der Waals surface area contributed by atoms with Crippen molar-refractivity contribution in [2.24, 2.45) is 0 Å². The highest BCUT2D eigenvalue weighted by Crippen LogP contribution is 2.41. The van der Waals surface area contributed by atoms with Gasteiger partial charge in [-0.15, -0.1) is 0 Å². The molecule has 1 aromatic carbocycles. The van der Waals surface area contributed by atoms with Gasteiger partial charge in [-0.1, -0.05) is 35.5 Å². The number of carbonyl (C=O) groups is 1. The molecule has 22 heavy (non-hydrogen) atoms. The lowest BCUT2D eigenvalue weighted by molar-refractivity contribution is -0.125. The van der Waals surface area contributed by atoms with Crippen LogP contribution in [0.25, 0.3) is 0 Å². The van der Waals surface area contributed by atoms with Gasteiger partial charge in [0.2, 0.25) is 5.91 Å². The van der Waals surface area contributed by atoms with Crippen molar-refractivity contribution in [2.45, 2.75) is 51.5 Å². The minimum atomic E-state index is -0.257. The molecule has 0 bridgehead atoms. The molecule has 1 heterocycles. The van der Waals surface area contributed by atoms with Gasteiger partial charge in [0, 0.05) is 5.56 Å². The van der Waals surface area contributed by atoms with Crippen LogP contribution in [0.1, 0.15) is 54.7 Å². The van der Waals surface area contributed by atoms with Gasteiger partial charge >= 0.3 is 0 Å². The maximum absolute atomic E-state index is 12.7. The van der Waals surface area contributed by atoms with E-state index in [1.165, 1.54) is 5.56 Å². The smallest absolute Gasteiger partial charge is 0.228 e. The molecule has 0 spiro atoms. The highest BCUT2D eigenvalue weighted by Gasteiger charge is 2.41. The monoisotopic (exact) mass is 298 g/mol. The topological polar surface area (TPSA) is 55.1 Å². The second-order valence-corrected chi connectivity index (χ2v) is 6.25. The predicted octanol–water partition coefficient (Wildman–Crippen LogP) is 3.59. The highest BCUT2D eigenvalue weighted by atomic mass is 16.5. The van der Waals surface area contributed by atoms with E-state index in [-0.39, 0.29) is 17.4 Å². The van der Waals surface area contributed by atoms with Gasteiger partial charge in [-0.3, -0.25) is 4.79 Å². The zero-order valence-electron chi connectivity index (χ0n) is 13.3. The quantitative estimate of drug-likeness (QED) is 0.938. The lowest BCUT2D eigenvalue weighted by atomic mass is 9.71. The Morgan fingerprint density at radius 3 is 2.45 bits per heavy atom. The molecule has 1 aromatic heterocycles. The summed E-state index contributed by atoms with van der Waals surface area (Å²) in [4.78, 5) is 12.7. The van der Waals surface area contributed by atoms with Crippen LogP contribution >= 0.6 is 0 Å². The second-order valence-electron chi connectivity index (χ2n) is 6.25. The SMILES string of the molecule is Cc1noc(C)c1C(C)C(=O)NC1(c2ccccc2)CCC1. The first-order valence-electron chi connectivity index (χ1n) is 7.84. The number of hydrogen-bond donors (Lipinski definition) is 1. The molecular formula is C18H22N2O2. The second kappa shape index (κ2) is 5.59. The van der Waals surface area contributed by atoms with E-state index in [9.17, 15) is 4.79 Å². The third-order valence-electron chi connectivity index (χ3n) is 4.81. The van der Waals surface area contributed by atoms with Crippen molar-refractivity contribution in [3.63, 3.8) is 0 Å². The standard InChI is InChI=1S/C18H22N2O2/c1-12(16-13(2)20-22-14(16)3)17(21)19-18(10-7-11-18)15-8-5-4-6-9-15/h4-6,8-9,12H,7,10-11H2,1-3H3,(H,19,21). The Bertz CT molecular complexity index is 652. The molecular weight excluding hydrogens is 276 g/mol. The van der Waals surface area contributed by atoms with Crippen LogP contribution in [0.4, 0.5) is 0 Å². The first-order valence-corrected chi connectivity index (χ1v) is 7.84. The molecule has 0 saturated heterocycles. The molecule has 4 heteroatoms. The molecule has 1 aliphatic rings. The van der Waals surface area contributed by atoms with E-state index in [0.717, 1.165) is 36.3 Å².